The summed E-state index contributed by atoms with van der Waals surface area (Å²) in [6, 6.07) is 2.98. The van der Waals surface area contributed by atoms with E-state index < -0.39 is 18.7 Å². The van der Waals surface area contributed by atoms with Gasteiger partial charge in [0.2, 0.25) is 0 Å². The highest BCUT2D eigenvalue weighted by Crippen LogP contribution is 2.22. The molecule has 0 aliphatic heterocycles. The molecule has 1 rings (SSSR count). The average Bonchev–Trinajstić information content (AvgIpc) is 2.02. The van der Waals surface area contributed by atoms with Crippen LogP contribution >= 0.6 is 0 Å². The number of nitrogens with zero attached hydrogens (tertiary/aromatic N) is 1. The molecule has 5 heteroatoms. The molecule has 0 saturated heterocycles. The highest BCUT2D eigenvalue weighted by Gasteiger charge is 2.37. The maximum Gasteiger partial charge on any atom is 0.414 e. The summed E-state index contributed by atoms with van der Waals surface area (Å²) in [6.45, 7) is 1.68. The number of aromatic nitrogens is 1. The summed E-state index contributed by atoms with van der Waals surface area (Å²) in [5, 5.41) is 8.78. The number of hydrogen-bond acceptors (Lipinski definition) is 2. The SMILES string of the molecule is Cc1cc(CC(O)C(F)(F)F)ccn1. The van der Waals surface area contributed by atoms with Crippen LogP contribution < -0.4 is 0 Å². The molecule has 78 valence electrons. The predicted molar refractivity (Wildman–Crippen MR) is 44.7 cm³/mol. The van der Waals surface area contributed by atoms with Gasteiger partial charge in [0, 0.05) is 18.3 Å². The highest BCUT2D eigenvalue weighted by atomic mass is 19.4. The van der Waals surface area contributed by atoms with Crippen LogP contribution in [-0.2, 0) is 6.42 Å². The molecule has 1 aromatic rings. The van der Waals surface area contributed by atoms with Crippen LogP contribution in [0.3, 0.4) is 0 Å². The molecular weight excluding hydrogens is 195 g/mol. The third-order valence-electron chi connectivity index (χ3n) is 1.77. The van der Waals surface area contributed by atoms with Crippen molar-refractivity contribution in [1.82, 2.24) is 4.98 Å². The molecule has 2 nitrogen and oxygen atoms in total. The van der Waals surface area contributed by atoms with Gasteiger partial charge in [-0.3, -0.25) is 4.98 Å². The Morgan fingerprint density at radius 2 is 2.14 bits per heavy atom. The number of hydrogen-bond donors (Lipinski definition) is 1. The Hall–Kier alpha value is -1.10. The standard InChI is InChI=1S/C9H10F3NO/c1-6-4-7(2-3-13-6)5-8(14)9(10,11)12/h2-4,8,14H,5H2,1H3. The molecule has 1 N–H and O–H groups in total. The fourth-order valence-corrected chi connectivity index (χ4v) is 1.07. The molecular formula is C9H10F3NO. The number of pyridine rings is 1. The van der Waals surface area contributed by atoms with Gasteiger partial charge >= 0.3 is 6.18 Å². The van der Waals surface area contributed by atoms with E-state index in [2.05, 4.69) is 4.98 Å². The first-order valence-corrected chi connectivity index (χ1v) is 4.06. The number of rotatable bonds is 2. The first-order chi connectivity index (χ1) is 6.39. The number of alkyl halides is 3. The zero-order valence-electron chi connectivity index (χ0n) is 7.54. The summed E-state index contributed by atoms with van der Waals surface area (Å²) < 4.78 is 35.9. The van der Waals surface area contributed by atoms with E-state index in [1.807, 2.05) is 0 Å². The fraction of sp³-hybridized carbons (Fsp3) is 0.444. The Labute approximate surface area is 79.4 Å². The van der Waals surface area contributed by atoms with E-state index in [1.54, 1.807) is 6.92 Å². The van der Waals surface area contributed by atoms with Crippen molar-refractivity contribution in [3.05, 3.63) is 29.6 Å². The van der Waals surface area contributed by atoms with Crippen LogP contribution in [0.25, 0.3) is 0 Å². The second kappa shape index (κ2) is 3.96. The lowest BCUT2D eigenvalue weighted by Gasteiger charge is -2.14. The second-order valence-electron chi connectivity index (χ2n) is 3.07. The quantitative estimate of drug-likeness (QED) is 0.799. The second-order valence-corrected chi connectivity index (χ2v) is 3.07. The normalized spacial score (nSPS) is 14.1. The van der Waals surface area contributed by atoms with Crippen LogP contribution in [0.2, 0.25) is 0 Å². The number of aliphatic hydroxyl groups excluding tert-OH is 1. The molecule has 0 aliphatic carbocycles. The third kappa shape index (κ3) is 2.99. The molecule has 1 unspecified atom stereocenters. The van der Waals surface area contributed by atoms with Gasteiger partial charge in [-0.2, -0.15) is 13.2 Å². The number of aliphatic hydroxyl groups is 1. The summed E-state index contributed by atoms with van der Waals surface area (Å²) in [6.07, 6.45) is -5.86. The molecule has 0 saturated carbocycles. The molecule has 0 aromatic carbocycles. The fourth-order valence-electron chi connectivity index (χ4n) is 1.07. The summed E-state index contributed by atoms with van der Waals surface area (Å²) >= 11 is 0. The van der Waals surface area contributed by atoms with Gasteiger partial charge in [-0.05, 0) is 24.6 Å². The topological polar surface area (TPSA) is 33.1 Å². The summed E-state index contributed by atoms with van der Waals surface area (Å²) in [5.41, 5.74) is 1.07. The van der Waals surface area contributed by atoms with Crippen molar-refractivity contribution in [3.8, 4) is 0 Å². The maximum absolute atomic E-state index is 12.0. The lowest BCUT2D eigenvalue weighted by Crippen LogP contribution is -2.30. The van der Waals surface area contributed by atoms with Gasteiger partial charge < -0.3 is 5.11 Å². The molecule has 1 atom stereocenters. The smallest absolute Gasteiger partial charge is 0.383 e. The van der Waals surface area contributed by atoms with Crippen molar-refractivity contribution >= 4 is 0 Å². The van der Waals surface area contributed by atoms with E-state index >= 15 is 0 Å². The molecule has 0 radical (unpaired) electrons. The van der Waals surface area contributed by atoms with Crippen LogP contribution in [0, 0.1) is 6.92 Å². The first-order valence-electron chi connectivity index (χ1n) is 4.06. The van der Waals surface area contributed by atoms with Gasteiger partial charge in [-0.15, -0.1) is 0 Å². The van der Waals surface area contributed by atoms with Crippen LogP contribution in [0.5, 0.6) is 0 Å². The molecule has 0 bridgehead atoms. The lowest BCUT2D eigenvalue weighted by atomic mass is 10.1. The van der Waals surface area contributed by atoms with Crippen molar-refractivity contribution in [2.75, 3.05) is 0 Å². The van der Waals surface area contributed by atoms with Crippen LogP contribution in [0.1, 0.15) is 11.3 Å². The number of halogens is 3. The van der Waals surface area contributed by atoms with Gasteiger partial charge in [0.05, 0.1) is 0 Å². The predicted octanol–water partition coefficient (Wildman–Crippen LogP) is 1.86. The Balaban J connectivity index is 2.70. The Morgan fingerprint density at radius 3 is 2.64 bits per heavy atom. The molecule has 0 aliphatic rings. The first kappa shape index (κ1) is 11.0. The van der Waals surface area contributed by atoms with Crippen molar-refractivity contribution in [2.45, 2.75) is 25.6 Å². The lowest BCUT2D eigenvalue weighted by molar-refractivity contribution is -0.203. The number of aryl methyl sites for hydroxylation is 1. The van der Waals surface area contributed by atoms with Crippen molar-refractivity contribution in [2.24, 2.45) is 0 Å². The average molecular weight is 205 g/mol. The van der Waals surface area contributed by atoms with Gasteiger partial charge in [0.15, 0.2) is 6.10 Å². The van der Waals surface area contributed by atoms with Crippen LogP contribution in [0.4, 0.5) is 13.2 Å². The van der Waals surface area contributed by atoms with E-state index in [4.69, 9.17) is 5.11 Å². The van der Waals surface area contributed by atoms with Crippen LogP contribution in [0.15, 0.2) is 18.3 Å². The Bertz CT molecular complexity index is 311. The zero-order chi connectivity index (χ0) is 10.8. The van der Waals surface area contributed by atoms with Gasteiger partial charge in [0.1, 0.15) is 0 Å². The van der Waals surface area contributed by atoms with Gasteiger partial charge in [0.25, 0.3) is 0 Å². The maximum atomic E-state index is 12.0. The van der Waals surface area contributed by atoms with E-state index in [0.29, 0.717) is 11.3 Å². The molecule has 1 aromatic heterocycles. The van der Waals surface area contributed by atoms with Crippen LogP contribution in [-0.4, -0.2) is 22.4 Å². The monoisotopic (exact) mass is 205 g/mol. The molecule has 0 fully saturated rings. The van der Waals surface area contributed by atoms with E-state index in [-0.39, 0.29) is 0 Å². The van der Waals surface area contributed by atoms with E-state index in [0.717, 1.165) is 0 Å². The molecule has 0 spiro atoms. The minimum Gasteiger partial charge on any atom is -0.383 e. The van der Waals surface area contributed by atoms with E-state index in [9.17, 15) is 13.2 Å². The highest BCUT2D eigenvalue weighted by molar-refractivity contribution is 5.16. The minimum absolute atomic E-state index is 0.424. The largest absolute Gasteiger partial charge is 0.414 e. The zero-order valence-corrected chi connectivity index (χ0v) is 7.54. The minimum atomic E-state index is -4.56. The third-order valence-corrected chi connectivity index (χ3v) is 1.77. The van der Waals surface area contributed by atoms with Crippen molar-refractivity contribution in [1.29, 1.82) is 0 Å². The Morgan fingerprint density at radius 1 is 1.50 bits per heavy atom. The molecule has 1 heterocycles. The Kier molecular flexibility index (Phi) is 3.10. The van der Waals surface area contributed by atoms with Crippen molar-refractivity contribution < 1.29 is 18.3 Å². The van der Waals surface area contributed by atoms with E-state index in [1.165, 1.54) is 18.3 Å². The summed E-state index contributed by atoms with van der Waals surface area (Å²) in [5.74, 6) is 0. The van der Waals surface area contributed by atoms with Crippen molar-refractivity contribution in [3.63, 3.8) is 0 Å². The van der Waals surface area contributed by atoms with Gasteiger partial charge in [-0.1, -0.05) is 0 Å². The van der Waals surface area contributed by atoms with Gasteiger partial charge in [-0.25, -0.2) is 0 Å². The molecule has 14 heavy (non-hydrogen) atoms. The summed E-state index contributed by atoms with van der Waals surface area (Å²) in [4.78, 5) is 3.85. The molecule has 0 amide bonds. The summed E-state index contributed by atoms with van der Waals surface area (Å²) in [7, 11) is 0.